The molecule has 2 heterocycles. The highest BCUT2D eigenvalue weighted by atomic mass is 35.5. The molecule has 5 nitrogen and oxygen atoms in total. The molecule has 6 heteroatoms. The maximum Gasteiger partial charge on any atom is 0.257 e. The Morgan fingerprint density at radius 3 is 2.47 bits per heavy atom. The molecule has 0 radical (unpaired) electrons. The molecule has 1 amide bonds. The number of carbonyl (C=O) groups is 2. The number of hydrogen-bond acceptors (Lipinski definition) is 4. The van der Waals surface area contributed by atoms with E-state index in [0.29, 0.717) is 24.3 Å². The van der Waals surface area contributed by atoms with Crippen molar-refractivity contribution in [1.29, 1.82) is 0 Å². The molecule has 0 saturated carbocycles. The predicted octanol–water partition coefficient (Wildman–Crippen LogP) is 1.20. The molecule has 0 saturated heterocycles. The van der Waals surface area contributed by atoms with Gasteiger partial charge in [0.15, 0.2) is 0 Å². The van der Waals surface area contributed by atoms with Crippen LogP contribution in [0.3, 0.4) is 0 Å². The summed E-state index contributed by atoms with van der Waals surface area (Å²) in [6.45, 7) is 1.11. The van der Waals surface area contributed by atoms with E-state index in [1.807, 2.05) is 0 Å². The van der Waals surface area contributed by atoms with E-state index >= 15 is 0 Å². The van der Waals surface area contributed by atoms with Crippen LogP contribution in [0.4, 0.5) is 0 Å². The molecule has 2 bridgehead atoms. The van der Waals surface area contributed by atoms with Gasteiger partial charge < -0.3 is 15.1 Å². The monoisotopic (exact) mass is 254 g/mol. The fourth-order valence-corrected chi connectivity index (χ4v) is 1.85. The van der Waals surface area contributed by atoms with Crippen LogP contribution in [0.2, 0.25) is 0 Å². The van der Waals surface area contributed by atoms with Gasteiger partial charge in [0.05, 0.1) is 11.1 Å². The number of rotatable bonds is 5. The largest absolute Gasteiger partial charge is 0.456 e. The molecule has 0 aromatic carbocycles. The van der Waals surface area contributed by atoms with Gasteiger partial charge in [0.1, 0.15) is 11.2 Å². The average Bonchev–Trinajstić information content (AvgIpc) is 2.88. The van der Waals surface area contributed by atoms with E-state index in [2.05, 4.69) is 10.6 Å². The van der Waals surface area contributed by atoms with E-state index in [-0.39, 0.29) is 17.0 Å². The quantitative estimate of drug-likeness (QED) is 0.621. The van der Waals surface area contributed by atoms with Crippen molar-refractivity contribution in [2.75, 3.05) is 20.1 Å². The number of amides is 1. The second-order valence-electron chi connectivity index (χ2n) is 3.55. The molecule has 2 rings (SSSR count). The Labute approximate surface area is 102 Å². The Hall–Kier alpha value is -1.59. The highest BCUT2D eigenvalue weighted by Gasteiger charge is 2.26. The minimum atomic E-state index is -0.682. The van der Waals surface area contributed by atoms with Crippen molar-refractivity contribution in [3.8, 4) is 0 Å². The van der Waals surface area contributed by atoms with Gasteiger partial charge in [-0.2, -0.15) is 0 Å². The Morgan fingerprint density at radius 1 is 1.24 bits per heavy atom. The van der Waals surface area contributed by atoms with Gasteiger partial charge in [-0.3, -0.25) is 9.59 Å². The highest BCUT2D eigenvalue weighted by molar-refractivity contribution is 6.69. The molecule has 0 spiro atoms. The van der Waals surface area contributed by atoms with E-state index in [0.717, 1.165) is 0 Å². The third kappa shape index (κ3) is 2.11. The van der Waals surface area contributed by atoms with Crippen LogP contribution >= 0.6 is 11.6 Å². The van der Waals surface area contributed by atoms with Crippen LogP contribution in [0.1, 0.15) is 20.7 Å². The molecule has 0 aliphatic heterocycles. The van der Waals surface area contributed by atoms with Crippen molar-refractivity contribution in [2.24, 2.45) is 0 Å². The number of carbonyl (C=O) groups excluding carboxylic acids is 2. The van der Waals surface area contributed by atoms with Crippen molar-refractivity contribution in [3.05, 3.63) is 23.3 Å². The second-order valence-corrected chi connectivity index (χ2v) is 3.89. The van der Waals surface area contributed by atoms with Crippen molar-refractivity contribution in [3.63, 3.8) is 0 Å². The average molecular weight is 255 g/mol. The van der Waals surface area contributed by atoms with Gasteiger partial charge in [0.25, 0.3) is 11.1 Å². The zero-order valence-electron chi connectivity index (χ0n) is 9.17. The fraction of sp³-hybridized carbons (Fsp3) is 0.273. The van der Waals surface area contributed by atoms with Crippen molar-refractivity contribution in [2.45, 2.75) is 0 Å². The number of hydrogen-bond donors (Lipinski definition) is 2. The molecular weight excluding hydrogens is 244 g/mol. The zero-order chi connectivity index (χ0) is 12.4. The first-order valence-corrected chi connectivity index (χ1v) is 5.50. The van der Waals surface area contributed by atoms with E-state index in [4.69, 9.17) is 16.0 Å². The van der Waals surface area contributed by atoms with Crippen molar-refractivity contribution in [1.82, 2.24) is 10.6 Å². The molecule has 0 aliphatic rings. The van der Waals surface area contributed by atoms with Gasteiger partial charge in [0, 0.05) is 13.1 Å². The molecular formula is C11H11ClN2O3. The highest BCUT2D eigenvalue weighted by Crippen LogP contribution is 2.29. The minimum absolute atomic E-state index is 0.145. The van der Waals surface area contributed by atoms with Gasteiger partial charge in [0.2, 0.25) is 0 Å². The van der Waals surface area contributed by atoms with Crippen LogP contribution in [0.5, 0.6) is 0 Å². The van der Waals surface area contributed by atoms with E-state index < -0.39 is 5.24 Å². The first kappa shape index (κ1) is 11.9. The number of nitrogens with one attached hydrogen (secondary N) is 2. The summed E-state index contributed by atoms with van der Waals surface area (Å²) < 4.78 is 5.25. The number of halogens is 1. The number of furan rings is 2. The van der Waals surface area contributed by atoms with Gasteiger partial charge in [-0.1, -0.05) is 0 Å². The lowest BCUT2D eigenvalue weighted by Crippen LogP contribution is -2.31. The summed E-state index contributed by atoms with van der Waals surface area (Å²) in [5.41, 5.74) is 1.09. The SMILES string of the molecule is CNCCNC(=O)c1c(C(=O)Cl)c2ccc1o2. The second kappa shape index (κ2) is 4.73. The van der Waals surface area contributed by atoms with Crippen LogP contribution in [0, 0.1) is 0 Å². The van der Waals surface area contributed by atoms with Crippen molar-refractivity contribution >= 4 is 33.9 Å². The van der Waals surface area contributed by atoms with Gasteiger partial charge >= 0.3 is 0 Å². The van der Waals surface area contributed by atoms with Crippen LogP contribution in [-0.4, -0.2) is 31.3 Å². The summed E-state index contributed by atoms with van der Waals surface area (Å²) in [5.74, 6) is -0.349. The molecule has 2 aromatic heterocycles. The molecule has 90 valence electrons. The summed E-state index contributed by atoms with van der Waals surface area (Å²) >= 11 is 5.44. The van der Waals surface area contributed by atoms with Gasteiger partial charge in [-0.15, -0.1) is 0 Å². The molecule has 17 heavy (non-hydrogen) atoms. The zero-order valence-corrected chi connectivity index (χ0v) is 9.93. The van der Waals surface area contributed by atoms with Crippen LogP contribution < -0.4 is 10.6 Å². The minimum Gasteiger partial charge on any atom is -0.456 e. The molecule has 2 aromatic rings. The molecule has 2 N–H and O–H groups in total. The van der Waals surface area contributed by atoms with Crippen LogP contribution in [-0.2, 0) is 0 Å². The van der Waals surface area contributed by atoms with Crippen LogP contribution in [0.15, 0.2) is 16.5 Å². The molecule has 0 unspecified atom stereocenters. The maximum absolute atomic E-state index is 11.9. The number of fused-ring (bicyclic) bond motifs is 2. The molecule has 0 atom stereocenters. The lowest BCUT2D eigenvalue weighted by atomic mass is 10.1. The van der Waals surface area contributed by atoms with E-state index in [9.17, 15) is 9.59 Å². The van der Waals surface area contributed by atoms with E-state index in [1.54, 1.807) is 19.2 Å². The third-order valence-corrected chi connectivity index (χ3v) is 2.62. The number of benzene rings is 1. The topological polar surface area (TPSA) is 71.3 Å². The van der Waals surface area contributed by atoms with E-state index in [1.165, 1.54) is 0 Å². The Balaban J connectivity index is 2.26. The van der Waals surface area contributed by atoms with Gasteiger partial charge in [-0.05, 0) is 30.8 Å². The summed E-state index contributed by atoms with van der Waals surface area (Å²) in [5, 5.41) is 4.90. The normalized spacial score (nSPS) is 10.9. The maximum atomic E-state index is 11.9. The Kier molecular flexibility index (Phi) is 3.31. The lowest BCUT2D eigenvalue weighted by Gasteiger charge is -2.04. The first-order valence-electron chi connectivity index (χ1n) is 5.12. The Bertz CT molecular complexity index is 549. The van der Waals surface area contributed by atoms with Crippen molar-refractivity contribution < 1.29 is 14.0 Å². The fourth-order valence-electron chi connectivity index (χ4n) is 1.66. The molecule has 0 aliphatic carbocycles. The Morgan fingerprint density at radius 2 is 1.88 bits per heavy atom. The third-order valence-electron chi connectivity index (χ3n) is 2.43. The summed E-state index contributed by atoms with van der Waals surface area (Å²) in [6, 6.07) is 3.26. The van der Waals surface area contributed by atoms with Crippen LogP contribution in [0.25, 0.3) is 11.2 Å². The lowest BCUT2D eigenvalue weighted by molar-refractivity contribution is 0.0948. The standard InChI is InChI=1S/C11H11ClN2O3/c1-13-4-5-14-11(16)9-7-3-2-6(17-7)8(9)10(12)15/h2-3,13H,4-5H2,1H3,(H,14,16). The summed E-state index contributed by atoms with van der Waals surface area (Å²) in [4.78, 5) is 23.1. The number of likely N-dealkylation sites (N-methyl/N-ethyl adjacent to an activating group) is 1. The van der Waals surface area contributed by atoms with Gasteiger partial charge in [-0.25, -0.2) is 0 Å². The first-order chi connectivity index (χ1) is 8.15. The predicted molar refractivity (Wildman–Crippen MR) is 63.8 cm³/mol. The molecule has 0 fully saturated rings. The smallest absolute Gasteiger partial charge is 0.257 e. The summed E-state index contributed by atoms with van der Waals surface area (Å²) in [6.07, 6.45) is 0. The summed E-state index contributed by atoms with van der Waals surface area (Å²) in [7, 11) is 1.78.